The lowest BCUT2D eigenvalue weighted by molar-refractivity contribution is -0.116. The molecule has 5 heteroatoms. The Kier molecular flexibility index (Phi) is 5.68. The van der Waals surface area contributed by atoms with Crippen molar-refractivity contribution in [1.82, 2.24) is 4.90 Å². The fraction of sp³-hybridized carbons (Fsp3) is 0.333. The molecule has 0 saturated carbocycles. The first-order valence-electron chi connectivity index (χ1n) is 9.04. The van der Waals surface area contributed by atoms with E-state index in [9.17, 15) is 9.59 Å². The van der Waals surface area contributed by atoms with E-state index in [2.05, 4.69) is 41.4 Å². The van der Waals surface area contributed by atoms with Crippen LogP contribution in [0.2, 0.25) is 0 Å². The molecule has 136 valence electrons. The smallest absolute Gasteiger partial charge is 0.248 e. The summed E-state index contributed by atoms with van der Waals surface area (Å²) in [6.07, 6.45) is 2.75. The van der Waals surface area contributed by atoms with Gasteiger partial charge < -0.3 is 11.1 Å². The van der Waals surface area contributed by atoms with Gasteiger partial charge in [0.25, 0.3) is 0 Å². The topological polar surface area (TPSA) is 75.4 Å². The van der Waals surface area contributed by atoms with Gasteiger partial charge in [0.1, 0.15) is 0 Å². The number of hydrogen-bond acceptors (Lipinski definition) is 3. The standard InChI is InChI=1S/C21H25N3O2/c1-15-5-2-3-6-18(15)19-7-4-13-24(19)14-12-20(25)23-17-10-8-16(9-11-17)21(22)26/h2-3,5-6,8-11,19H,4,7,12-14H2,1H3,(H2,22,26)(H,23,25)/t19-/m0/s1. The number of nitrogens with one attached hydrogen (secondary N) is 1. The van der Waals surface area contributed by atoms with Gasteiger partial charge in [-0.2, -0.15) is 0 Å². The second-order valence-electron chi connectivity index (χ2n) is 6.79. The molecule has 2 aromatic rings. The van der Waals surface area contributed by atoms with Crippen LogP contribution < -0.4 is 11.1 Å². The summed E-state index contributed by atoms with van der Waals surface area (Å²) in [6.45, 7) is 3.91. The number of likely N-dealkylation sites (tertiary alicyclic amines) is 1. The van der Waals surface area contributed by atoms with E-state index in [1.165, 1.54) is 11.1 Å². The number of anilines is 1. The highest BCUT2D eigenvalue weighted by atomic mass is 16.2. The first kappa shape index (κ1) is 18.1. The maximum absolute atomic E-state index is 12.3. The summed E-state index contributed by atoms with van der Waals surface area (Å²) in [5.41, 5.74) is 9.01. The molecule has 0 unspecified atom stereocenters. The summed E-state index contributed by atoms with van der Waals surface area (Å²) in [5.74, 6) is -0.494. The van der Waals surface area contributed by atoms with E-state index in [-0.39, 0.29) is 5.91 Å². The number of benzene rings is 2. The number of nitrogens with zero attached hydrogens (tertiary/aromatic N) is 1. The van der Waals surface area contributed by atoms with Crippen molar-refractivity contribution in [2.45, 2.75) is 32.2 Å². The molecule has 1 aliphatic rings. The molecule has 1 atom stereocenters. The van der Waals surface area contributed by atoms with Gasteiger partial charge in [0.05, 0.1) is 0 Å². The molecular weight excluding hydrogens is 326 g/mol. The van der Waals surface area contributed by atoms with Crippen molar-refractivity contribution in [3.8, 4) is 0 Å². The van der Waals surface area contributed by atoms with Gasteiger partial charge in [-0.1, -0.05) is 24.3 Å². The molecule has 0 aromatic heterocycles. The van der Waals surface area contributed by atoms with Crippen LogP contribution in [-0.2, 0) is 4.79 Å². The van der Waals surface area contributed by atoms with E-state index < -0.39 is 5.91 Å². The third-order valence-electron chi connectivity index (χ3n) is 4.99. The van der Waals surface area contributed by atoms with E-state index >= 15 is 0 Å². The maximum Gasteiger partial charge on any atom is 0.248 e. The van der Waals surface area contributed by atoms with E-state index in [0.29, 0.717) is 23.7 Å². The third kappa shape index (κ3) is 4.29. The lowest BCUT2D eigenvalue weighted by Gasteiger charge is -2.25. The number of aryl methyl sites for hydroxylation is 1. The molecule has 1 heterocycles. The van der Waals surface area contributed by atoms with Crippen molar-refractivity contribution >= 4 is 17.5 Å². The van der Waals surface area contributed by atoms with Crippen LogP contribution in [0.25, 0.3) is 0 Å². The van der Waals surface area contributed by atoms with E-state index in [0.717, 1.165) is 25.9 Å². The Balaban J connectivity index is 1.55. The first-order valence-corrected chi connectivity index (χ1v) is 9.04. The zero-order chi connectivity index (χ0) is 18.5. The summed E-state index contributed by atoms with van der Waals surface area (Å²) in [7, 11) is 0. The van der Waals surface area contributed by atoms with Crippen LogP contribution in [0.3, 0.4) is 0 Å². The molecule has 2 amide bonds. The molecule has 0 spiro atoms. The van der Waals surface area contributed by atoms with Crippen LogP contribution in [0.15, 0.2) is 48.5 Å². The molecule has 0 radical (unpaired) electrons. The van der Waals surface area contributed by atoms with Gasteiger partial charge in [0, 0.05) is 30.3 Å². The van der Waals surface area contributed by atoms with E-state index in [1.54, 1.807) is 24.3 Å². The highest BCUT2D eigenvalue weighted by molar-refractivity contribution is 5.94. The quantitative estimate of drug-likeness (QED) is 0.839. The van der Waals surface area contributed by atoms with Crippen LogP contribution in [0, 0.1) is 6.92 Å². The van der Waals surface area contributed by atoms with Crippen LogP contribution in [0.5, 0.6) is 0 Å². The fourth-order valence-corrected chi connectivity index (χ4v) is 3.59. The minimum atomic E-state index is -0.473. The lowest BCUT2D eigenvalue weighted by atomic mass is 9.99. The molecule has 2 aromatic carbocycles. The number of hydrogen-bond donors (Lipinski definition) is 2. The summed E-state index contributed by atoms with van der Waals surface area (Å²) >= 11 is 0. The number of rotatable bonds is 6. The van der Waals surface area contributed by atoms with Crippen LogP contribution >= 0.6 is 0 Å². The molecule has 0 aliphatic carbocycles. The molecule has 0 bridgehead atoms. The average Bonchev–Trinajstić information content (AvgIpc) is 3.09. The van der Waals surface area contributed by atoms with E-state index in [4.69, 9.17) is 5.73 Å². The van der Waals surface area contributed by atoms with Crippen LogP contribution in [-0.4, -0.2) is 29.8 Å². The molecule has 26 heavy (non-hydrogen) atoms. The van der Waals surface area contributed by atoms with Crippen molar-refractivity contribution in [3.05, 3.63) is 65.2 Å². The van der Waals surface area contributed by atoms with Crippen molar-refractivity contribution in [1.29, 1.82) is 0 Å². The first-order chi connectivity index (χ1) is 12.5. The van der Waals surface area contributed by atoms with E-state index in [1.807, 2.05) is 0 Å². The SMILES string of the molecule is Cc1ccccc1[C@@H]1CCCN1CCC(=O)Nc1ccc(C(N)=O)cc1. The van der Waals surface area contributed by atoms with Crippen molar-refractivity contribution < 1.29 is 9.59 Å². The van der Waals surface area contributed by atoms with Crippen molar-refractivity contribution in [2.24, 2.45) is 5.73 Å². The van der Waals surface area contributed by atoms with Gasteiger partial charge in [0.15, 0.2) is 0 Å². The van der Waals surface area contributed by atoms with Gasteiger partial charge in [-0.05, 0) is 61.7 Å². The molecule has 1 saturated heterocycles. The molecule has 3 N–H and O–H groups in total. The Hall–Kier alpha value is -2.66. The van der Waals surface area contributed by atoms with Crippen molar-refractivity contribution in [3.63, 3.8) is 0 Å². The number of amides is 2. The second-order valence-corrected chi connectivity index (χ2v) is 6.79. The highest BCUT2D eigenvalue weighted by Crippen LogP contribution is 2.33. The minimum Gasteiger partial charge on any atom is -0.366 e. The highest BCUT2D eigenvalue weighted by Gasteiger charge is 2.26. The van der Waals surface area contributed by atoms with Gasteiger partial charge in [-0.15, -0.1) is 0 Å². The van der Waals surface area contributed by atoms with Crippen LogP contribution in [0.4, 0.5) is 5.69 Å². The Morgan fingerprint density at radius 2 is 1.88 bits per heavy atom. The summed E-state index contributed by atoms with van der Waals surface area (Å²) < 4.78 is 0. The van der Waals surface area contributed by atoms with Gasteiger partial charge in [-0.25, -0.2) is 0 Å². The molecular formula is C21H25N3O2. The molecule has 3 rings (SSSR count). The zero-order valence-electron chi connectivity index (χ0n) is 15.1. The Morgan fingerprint density at radius 3 is 2.58 bits per heavy atom. The normalized spacial score (nSPS) is 17.2. The Bertz CT molecular complexity index is 786. The van der Waals surface area contributed by atoms with Gasteiger partial charge in [0.2, 0.25) is 11.8 Å². The summed E-state index contributed by atoms with van der Waals surface area (Å²) in [6, 6.07) is 15.5. The Morgan fingerprint density at radius 1 is 1.15 bits per heavy atom. The number of carbonyl (C=O) groups is 2. The van der Waals surface area contributed by atoms with Crippen LogP contribution in [0.1, 0.15) is 46.8 Å². The second kappa shape index (κ2) is 8.15. The monoisotopic (exact) mass is 351 g/mol. The number of nitrogens with two attached hydrogens (primary N) is 1. The molecule has 5 nitrogen and oxygen atoms in total. The van der Waals surface area contributed by atoms with Gasteiger partial charge >= 0.3 is 0 Å². The van der Waals surface area contributed by atoms with Gasteiger partial charge in [-0.3, -0.25) is 14.5 Å². The molecule has 1 aliphatic heterocycles. The summed E-state index contributed by atoms with van der Waals surface area (Å²) in [4.78, 5) is 25.8. The third-order valence-corrected chi connectivity index (χ3v) is 4.99. The van der Waals surface area contributed by atoms with Crippen molar-refractivity contribution in [2.75, 3.05) is 18.4 Å². The number of carbonyl (C=O) groups excluding carboxylic acids is 2. The Labute approximate surface area is 154 Å². The minimum absolute atomic E-state index is 0.0211. The average molecular weight is 351 g/mol. The lowest BCUT2D eigenvalue weighted by Crippen LogP contribution is -2.28. The fourth-order valence-electron chi connectivity index (χ4n) is 3.59. The predicted molar refractivity (Wildman–Crippen MR) is 103 cm³/mol. The zero-order valence-corrected chi connectivity index (χ0v) is 15.1. The number of primary amides is 1. The summed E-state index contributed by atoms with van der Waals surface area (Å²) in [5, 5.41) is 2.88. The largest absolute Gasteiger partial charge is 0.366 e. The maximum atomic E-state index is 12.3. The predicted octanol–water partition coefficient (Wildman–Crippen LogP) is 3.26. The molecule has 1 fully saturated rings.